The van der Waals surface area contributed by atoms with Crippen molar-refractivity contribution in [3.63, 3.8) is 0 Å². The van der Waals surface area contributed by atoms with E-state index in [0.29, 0.717) is 6.04 Å². The molecule has 1 atom stereocenters. The van der Waals surface area contributed by atoms with E-state index in [2.05, 4.69) is 41.2 Å². The Kier molecular flexibility index (Phi) is 7.96. The van der Waals surface area contributed by atoms with E-state index in [1.54, 1.807) is 0 Å². The molecule has 0 aliphatic carbocycles. The molecule has 0 radical (unpaired) electrons. The molecule has 1 nitrogen and oxygen atoms in total. The van der Waals surface area contributed by atoms with Gasteiger partial charge in [-0.3, -0.25) is 0 Å². The van der Waals surface area contributed by atoms with Crippen LogP contribution in [0, 0.1) is 0 Å². The van der Waals surface area contributed by atoms with E-state index >= 15 is 0 Å². The zero-order chi connectivity index (χ0) is 13.4. The number of hydrogen-bond acceptors (Lipinski definition) is 1. The van der Waals surface area contributed by atoms with Crippen LogP contribution >= 0.6 is 27.5 Å². The van der Waals surface area contributed by atoms with E-state index in [0.717, 1.165) is 28.9 Å². The van der Waals surface area contributed by atoms with Crippen molar-refractivity contribution in [2.75, 3.05) is 6.54 Å². The first-order valence-electron chi connectivity index (χ1n) is 6.87. The minimum atomic E-state index is 0.376. The molecule has 0 saturated carbocycles. The van der Waals surface area contributed by atoms with Crippen molar-refractivity contribution in [3.8, 4) is 0 Å². The molecule has 3 heteroatoms. The Balaban J connectivity index is 2.75. The zero-order valence-electron chi connectivity index (χ0n) is 11.3. The van der Waals surface area contributed by atoms with Gasteiger partial charge in [-0.25, -0.2) is 0 Å². The molecule has 0 amide bonds. The summed E-state index contributed by atoms with van der Waals surface area (Å²) in [5.74, 6) is 0. The van der Waals surface area contributed by atoms with Crippen molar-refractivity contribution in [1.29, 1.82) is 0 Å². The maximum Gasteiger partial charge on any atom is 0.0454 e. The molecular formula is C15H23BrClN. The van der Waals surface area contributed by atoms with Gasteiger partial charge in [0, 0.05) is 15.5 Å². The third kappa shape index (κ3) is 5.29. The Hall–Kier alpha value is -0.0500. The molecule has 0 fully saturated rings. The summed E-state index contributed by atoms with van der Waals surface area (Å²) in [4.78, 5) is 0. The first kappa shape index (κ1) is 16.0. The first-order chi connectivity index (χ1) is 8.69. The Morgan fingerprint density at radius 1 is 1.22 bits per heavy atom. The fraction of sp³-hybridized carbons (Fsp3) is 0.600. The summed E-state index contributed by atoms with van der Waals surface area (Å²) in [5.41, 5.74) is 1.22. The molecule has 1 aromatic rings. The Morgan fingerprint density at radius 3 is 2.67 bits per heavy atom. The third-order valence-electron chi connectivity index (χ3n) is 3.07. The van der Waals surface area contributed by atoms with Crippen molar-refractivity contribution in [1.82, 2.24) is 5.32 Å². The van der Waals surface area contributed by atoms with Crippen LogP contribution in [-0.2, 0) is 0 Å². The second-order valence-corrected chi connectivity index (χ2v) is 5.99. The summed E-state index contributed by atoms with van der Waals surface area (Å²) >= 11 is 9.85. The quantitative estimate of drug-likeness (QED) is 0.600. The van der Waals surface area contributed by atoms with Gasteiger partial charge in [0.05, 0.1) is 0 Å². The predicted molar refractivity (Wildman–Crippen MR) is 84.3 cm³/mol. The van der Waals surface area contributed by atoms with Crippen LogP contribution in [0.1, 0.15) is 57.6 Å². The molecule has 0 aliphatic rings. The number of halogens is 2. The average Bonchev–Trinajstić information content (AvgIpc) is 2.37. The van der Waals surface area contributed by atoms with E-state index in [9.17, 15) is 0 Å². The highest BCUT2D eigenvalue weighted by molar-refractivity contribution is 9.10. The SMILES string of the molecule is CCCCCC(NCCC)c1cc(Br)ccc1Cl. The van der Waals surface area contributed by atoms with Gasteiger partial charge in [-0.2, -0.15) is 0 Å². The minimum Gasteiger partial charge on any atom is -0.310 e. The van der Waals surface area contributed by atoms with Crippen LogP contribution in [-0.4, -0.2) is 6.54 Å². The number of hydrogen-bond donors (Lipinski definition) is 1. The van der Waals surface area contributed by atoms with Crippen LogP contribution in [0.2, 0.25) is 5.02 Å². The van der Waals surface area contributed by atoms with Gasteiger partial charge in [-0.15, -0.1) is 0 Å². The molecule has 102 valence electrons. The fourth-order valence-electron chi connectivity index (χ4n) is 2.07. The molecule has 1 aromatic carbocycles. The molecule has 1 rings (SSSR count). The molecule has 0 aliphatic heterocycles. The zero-order valence-corrected chi connectivity index (χ0v) is 13.6. The van der Waals surface area contributed by atoms with Crippen molar-refractivity contribution in [2.45, 2.75) is 52.0 Å². The van der Waals surface area contributed by atoms with Crippen LogP contribution in [0.4, 0.5) is 0 Å². The van der Waals surface area contributed by atoms with Crippen molar-refractivity contribution in [2.24, 2.45) is 0 Å². The van der Waals surface area contributed by atoms with Gasteiger partial charge >= 0.3 is 0 Å². The minimum absolute atomic E-state index is 0.376. The average molecular weight is 333 g/mol. The number of unbranched alkanes of at least 4 members (excludes halogenated alkanes) is 2. The predicted octanol–water partition coefficient (Wildman–Crippen LogP) is 5.72. The molecular weight excluding hydrogens is 310 g/mol. The van der Waals surface area contributed by atoms with E-state index < -0.39 is 0 Å². The second-order valence-electron chi connectivity index (χ2n) is 4.67. The molecule has 18 heavy (non-hydrogen) atoms. The lowest BCUT2D eigenvalue weighted by Gasteiger charge is -2.20. The standard InChI is InChI=1S/C15H23BrClN/c1-3-5-6-7-15(18-10-4-2)13-11-12(16)8-9-14(13)17/h8-9,11,15,18H,3-7,10H2,1-2H3. The van der Waals surface area contributed by atoms with Crippen LogP contribution in [0.25, 0.3) is 0 Å². The smallest absolute Gasteiger partial charge is 0.0454 e. The number of rotatable bonds is 8. The van der Waals surface area contributed by atoms with E-state index in [1.165, 1.54) is 24.8 Å². The second kappa shape index (κ2) is 8.95. The Bertz CT molecular complexity index is 354. The lowest BCUT2D eigenvalue weighted by Crippen LogP contribution is -2.22. The Morgan fingerprint density at radius 2 is 2.00 bits per heavy atom. The normalized spacial score (nSPS) is 12.7. The molecule has 0 heterocycles. The molecule has 0 aromatic heterocycles. The van der Waals surface area contributed by atoms with Crippen LogP contribution < -0.4 is 5.32 Å². The molecule has 1 unspecified atom stereocenters. The summed E-state index contributed by atoms with van der Waals surface area (Å²) in [6, 6.07) is 6.49. The molecule has 0 spiro atoms. The summed E-state index contributed by atoms with van der Waals surface area (Å²) in [5, 5.41) is 4.47. The van der Waals surface area contributed by atoms with E-state index in [-0.39, 0.29) is 0 Å². The van der Waals surface area contributed by atoms with Crippen molar-refractivity contribution >= 4 is 27.5 Å². The van der Waals surface area contributed by atoms with E-state index in [1.807, 2.05) is 12.1 Å². The maximum absolute atomic E-state index is 6.32. The largest absolute Gasteiger partial charge is 0.310 e. The van der Waals surface area contributed by atoms with Crippen LogP contribution in [0.5, 0.6) is 0 Å². The highest BCUT2D eigenvalue weighted by Crippen LogP contribution is 2.29. The summed E-state index contributed by atoms with van der Waals surface area (Å²) in [7, 11) is 0. The molecule has 0 saturated heterocycles. The van der Waals surface area contributed by atoms with Crippen molar-refractivity contribution < 1.29 is 0 Å². The van der Waals surface area contributed by atoms with E-state index in [4.69, 9.17) is 11.6 Å². The highest BCUT2D eigenvalue weighted by atomic mass is 79.9. The van der Waals surface area contributed by atoms with Gasteiger partial charge in [0.25, 0.3) is 0 Å². The lowest BCUT2D eigenvalue weighted by molar-refractivity contribution is 0.474. The lowest BCUT2D eigenvalue weighted by atomic mass is 10.00. The van der Waals surface area contributed by atoms with Crippen LogP contribution in [0.3, 0.4) is 0 Å². The van der Waals surface area contributed by atoms with Gasteiger partial charge in [0.1, 0.15) is 0 Å². The van der Waals surface area contributed by atoms with Gasteiger partial charge in [0.15, 0.2) is 0 Å². The van der Waals surface area contributed by atoms with Gasteiger partial charge in [-0.1, -0.05) is 60.6 Å². The van der Waals surface area contributed by atoms with Gasteiger partial charge in [-0.05, 0) is 43.1 Å². The highest BCUT2D eigenvalue weighted by Gasteiger charge is 2.14. The monoisotopic (exact) mass is 331 g/mol. The third-order valence-corrected chi connectivity index (χ3v) is 3.91. The Labute approximate surface area is 124 Å². The van der Waals surface area contributed by atoms with Crippen LogP contribution in [0.15, 0.2) is 22.7 Å². The number of benzene rings is 1. The molecule has 0 bridgehead atoms. The van der Waals surface area contributed by atoms with Gasteiger partial charge < -0.3 is 5.32 Å². The fourth-order valence-corrected chi connectivity index (χ4v) is 2.69. The summed E-state index contributed by atoms with van der Waals surface area (Å²) in [6.07, 6.45) is 6.10. The molecule has 1 N–H and O–H groups in total. The maximum atomic E-state index is 6.32. The first-order valence-corrected chi connectivity index (χ1v) is 8.04. The van der Waals surface area contributed by atoms with Gasteiger partial charge in [0.2, 0.25) is 0 Å². The van der Waals surface area contributed by atoms with Crippen molar-refractivity contribution in [3.05, 3.63) is 33.3 Å². The summed E-state index contributed by atoms with van der Waals surface area (Å²) in [6.45, 7) is 5.47. The summed E-state index contributed by atoms with van der Waals surface area (Å²) < 4.78 is 1.10. The number of nitrogens with one attached hydrogen (secondary N) is 1. The topological polar surface area (TPSA) is 12.0 Å².